The van der Waals surface area contributed by atoms with Crippen molar-refractivity contribution in [1.29, 1.82) is 0 Å². The fourth-order valence-corrected chi connectivity index (χ4v) is 17.1. The summed E-state index contributed by atoms with van der Waals surface area (Å²) in [5, 5.41) is 27.5. The van der Waals surface area contributed by atoms with Crippen LogP contribution in [0, 0.1) is 0 Å². The normalized spacial score (nSPS) is 17.8. The Morgan fingerprint density at radius 2 is 1.15 bits per heavy atom. The van der Waals surface area contributed by atoms with Crippen LogP contribution >= 0.6 is 0 Å². The number of aliphatic hydroxyl groups is 2. The number of hydrogen-bond donors (Lipinski definition) is 2. The average molecular weight is 827 g/mol. The number of carbonyl (C=O) groups excluding carboxylic acids is 1. The Morgan fingerprint density at radius 1 is 0.695 bits per heavy atom. The molecular weight excluding hydrogens is 765 g/mol. The third kappa shape index (κ3) is 11.1. The first-order valence-electron chi connectivity index (χ1n) is 20.6. The fourth-order valence-electron chi connectivity index (χ4n) is 7.99. The first kappa shape index (κ1) is 45.4. The number of cyclic esters (lactones) is 1. The van der Waals surface area contributed by atoms with Crippen LogP contribution in [0.5, 0.6) is 0 Å². The van der Waals surface area contributed by atoms with Gasteiger partial charge in [0, 0.05) is 18.9 Å². The number of ether oxygens (including phenoxy) is 1. The topological polar surface area (TPSA) is 85.2 Å². The monoisotopic (exact) mass is 826 g/mol. The molecule has 6 nitrogen and oxygen atoms in total. The van der Waals surface area contributed by atoms with Crippen molar-refractivity contribution in [2.75, 3.05) is 6.61 Å². The average Bonchev–Trinajstić information content (AvgIpc) is 3.21. The van der Waals surface area contributed by atoms with Gasteiger partial charge in [0.25, 0.3) is 16.6 Å². The Hall–Kier alpha value is -4.68. The highest BCUT2D eigenvalue weighted by Crippen LogP contribution is 2.39. The van der Waals surface area contributed by atoms with Gasteiger partial charge in [-0.3, -0.25) is 0 Å². The van der Waals surface area contributed by atoms with Gasteiger partial charge in [0.2, 0.25) is 0 Å². The van der Waals surface area contributed by atoms with Crippen LogP contribution < -0.4 is 20.7 Å². The SMILES string of the molecule is CC(C)(C)[Si](OC/C=C/C=C\C=C/[C@@H](C[C@@H](O)[C@](C)(O)/C=C/C1CC=CC(=O)O1)O[Si](c1ccccc1)(c1ccccc1)C(C)(C)C)(c1ccccc1)c1ccccc1. The maximum atomic E-state index is 11.8. The molecule has 0 saturated carbocycles. The molecule has 0 aromatic heterocycles. The Bertz CT molecular complexity index is 1980. The van der Waals surface area contributed by atoms with Crippen LogP contribution in [0.1, 0.15) is 61.3 Å². The molecule has 0 amide bonds. The van der Waals surface area contributed by atoms with Gasteiger partial charge < -0.3 is 23.8 Å². The zero-order chi connectivity index (χ0) is 42.6. The minimum absolute atomic E-state index is 0.110. The van der Waals surface area contributed by atoms with E-state index in [1.165, 1.54) is 22.5 Å². The van der Waals surface area contributed by atoms with Gasteiger partial charge in [-0.15, -0.1) is 0 Å². The van der Waals surface area contributed by atoms with Crippen molar-refractivity contribution in [3.05, 3.63) is 182 Å². The van der Waals surface area contributed by atoms with E-state index in [1.807, 2.05) is 72.9 Å². The summed E-state index contributed by atoms with van der Waals surface area (Å²) >= 11 is 0. The maximum Gasteiger partial charge on any atom is 0.331 e. The lowest BCUT2D eigenvalue weighted by Gasteiger charge is -2.45. The summed E-state index contributed by atoms with van der Waals surface area (Å²) in [6, 6.07) is 42.0. The van der Waals surface area contributed by atoms with Crippen molar-refractivity contribution in [3.63, 3.8) is 0 Å². The van der Waals surface area contributed by atoms with E-state index in [-0.39, 0.29) is 16.5 Å². The van der Waals surface area contributed by atoms with Crippen molar-refractivity contribution in [2.45, 2.75) is 95.3 Å². The van der Waals surface area contributed by atoms with Gasteiger partial charge >= 0.3 is 5.97 Å². The van der Waals surface area contributed by atoms with E-state index in [2.05, 4.69) is 126 Å². The van der Waals surface area contributed by atoms with Gasteiger partial charge in [0.05, 0.1) is 18.8 Å². The molecule has 1 unspecified atom stereocenters. The predicted octanol–water partition coefficient (Wildman–Crippen LogP) is 8.11. The van der Waals surface area contributed by atoms with Gasteiger partial charge in [-0.05, 0) is 43.8 Å². The molecule has 0 aliphatic carbocycles. The summed E-state index contributed by atoms with van der Waals surface area (Å²) in [5.74, 6) is -0.426. The molecule has 0 spiro atoms. The van der Waals surface area contributed by atoms with Crippen LogP contribution in [0.25, 0.3) is 0 Å². The molecule has 310 valence electrons. The van der Waals surface area contributed by atoms with E-state index >= 15 is 0 Å². The molecule has 1 aliphatic rings. The van der Waals surface area contributed by atoms with Crippen molar-refractivity contribution in [3.8, 4) is 0 Å². The van der Waals surface area contributed by atoms with E-state index < -0.39 is 46.5 Å². The Balaban J connectivity index is 1.42. The number of rotatable bonds is 17. The lowest BCUT2D eigenvalue weighted by atomic mass is 9.93. The summed E-state index contributed by atoms with van der Waals surface area (Å²) in [6.45, 7) is 15.5. The fraction of sp³-hybridized carbons (Fsp3) is 0.314. The third-order valence-electron chi connectivity index (χ3n) is 11.0. The van der Waals surface area contributed by atoms with Crippen molar-refractivity contribution >= 4 is 43.4 Å². The van der Waals surface area contributed by atoms with Crippen LogP contribution in [-0.2, 0) is 18.4 Å². The number of hydrogen-bond acceptors (Lipinski definition) is 6. The van der Waals surface area contributed by atoms with E-state index in [9.17, 15) is 15.0 Å². The Labute approximate surface area is 354 Å². The Morgan fingerprint density at radius 3 is 1.61 bits per heavy atom. The van der Waals surface area contributed by atoms with Gasteiger partial charge in [0.1, 0.15) is 11.7 Å². The molecule has 0 saturated heterocycles. The molecular formula is C51H62O6Si2. The molecule has 0 radical (unpaired) electrons. The minimum atomic E-state index is -3.04. The van der Waals surface area contributed by atoms with E-state index in [0.29, 0.717) is 13.0 Å². The second kappa shape index (κ2) is 20.1. The van der Waals surface area contributed by atoms with Crippen molar-refractivity contribution in [1.82, 2.24) is 0 Å². The van der Waals surface area contributed by atoms with Crippen molar-refractivity contribution in [2.24, 2.45) is 0 Å². The summed E-state index contributed by atoms with van der Waals surface area (Å²) in [6.07, 6.45) is 16.5. The number of esters is 1. The molecule has 5 rings (SSSR count). The summed E-state index contributed by atoms with van der Waals surface area (Å²) in [4.78, 5) is 11.8. The minimum Gasteiger partial charge on any atom is -0.455 e. The molecule has 4 atom stereocenters. The van der Waals surface area contributed by atoms with Crippen LogP contribution in [0.3, 0.4) is 0 Å². The molecule has 1 aliphatic heterocycles. The highest BCUT2D eigenvalue weighted by Gasteiger charge is 2.52. The Kier molecular flexibility index (Phi) is 15.4. The van der Waals surface area contributed by atoms with E-state index in [4.69, 9.17) is 13.6 Å². The number of benzene rings is 4. The zero-order valence-electron chi connectivity index (χ0n) is 35.7. The number of carbonyl (C=O) groups is 1. The summed E-state index contributed by atoms with van der Waals surface area (Å²) in [5.41, 5.74) is -1.63. The van der Waals surface area contributed by atoms with Crippen molar-refractivity contribution < 1.29 is 28.6 Å². The predicted molar refractivity (Wildman–Crippen MR) is 248 cm³/mol. The standard InChI is InChI=1S/C51H62O6Si2/c1-49(2,3)58(43-28-16-11-17-29-43,44-30-18-12-19-31-44)55-39-24-10-8-9-15-26-42(40-47(52)51(7,54)38-37-41-27-25-36-48(53)56-41)57-59(50(4,5)6,45-32-20-13-21-33-45)46-34-22-14-23-35-46/h8-26,28-38,41-42,47,52,54H,27,39-40H2,1-7H3/b9-8-,24-10+,26-15-,38-37+/t41?,42-,47+,51+/m0/s1. The highest BCUT2D eigenvalue weighted by atomic mass is 28.4. The summed E-state index contributed by atoms with van der Waals surface area (Å²) in [7, 11) is -5.71. The molecule has 8 heteroatoms. The van der Waals surface area contributed by atoms with Crippen LogP contribution in [0.4, 0.5) is 0 Å². The molecule has 4 aromatic carbocycles. The molecule has 0 bridgehead atoms. The molecule has 4 aromatic rings. The lowest BCUT2D eigenvalue weighted by molar-refractivity contribution is -0.141. The van der Waals surface area contributed by atoms with Crippen LogP contribution in [0.15, 0.2) is 182 Å². The quantitative estimate of drug-likeness (QED) is 0.0485. The second-order valence-electron chi connectivity index (χ2n) is 17.4. The molecule has 59 heavy (non-hydrogen) atoms. The summed E-state index contributed by atoms with van der Waals surface area (Å²) < 4.78 is 19.8. The van der Waals surface area contributed by atoms with E-state index in [0.717, 1.165) is 10.4 Å². The number of allylic oxidation sites excluding steroid dienone is 4. The maximum absolute atomic E-state index is 11.8. The molecule has 1 heterocycles. The first-order valence-corrected chi connectivity index (χ1v) is 24.4. The van der Waals surface area contributed by atoms with Gasteiger partial charge in [-0.2, -0.15) is 0 Å². The largest absolute Gasteiger partial charge is 0.455 e. The first-order chi connectivity index (χ1) is 28.1. The smallest absolute Gasteiger partial charge is 0.331 e. The second-order valence-corrected chi connectivity index (χ2v) is 26.0. The zero-order valence-corrected chi connectivity index (χ0v) is 37.7. The van der Waals surface area contributed by atoms with Gasteiger partial charge in [0.15, 0.2) is 0 Å². The molecule has 2 N–H and O–H groups in total. The van der Waals surface area contributed by atoms with Crippen LogP contribution in [-0.4, -0.2) is 63.3 Å². The van der Waals surface area contributed by atoms with E-state index in [1.54, 1.807) is 19.1 Å². The van der Waals surface area contributed by atoms with Crippen LogP contribution in [0.2, 0.25) is 10.1 Å². The lowest BCUT2D eigenvalue weighted by Crippen LogP contribution is -2.67. The molecule has 0 fully saturated rings. The highest BCUT2D eigenvalue weighted by molar-refractivity contribution is 7.00. The van der Waals surface area contributed by atoms with Gasteiger partial charge in [-0.1, -0.05) is 211 Å². The number of aliphatic hydroxyl groups excluding tert-OH is 1. The van der Waals surface area contributed by atoms with Gasteiger partial charge in [-0.25, -0.2) is 4.79 Å². The third-order valence-corrected chi connectivity index (χ3v) is 21.1.